The minimum atomic E-state index is -3.73. The number of rotatable bonds is 6. The molecule has 3 rings (SSSR count). The molecule has 1 unspecified atom stereocenters. The molecule has 0 amide bonds. The fourth-order valence-corrected chi connectivity index (χ4v) is 4.74. The summed E-state index contributed by atoms with van der Waals surface area (Å²) in [5.41, 5.74) is 4.88. The number of hydrogen-bond acceptors (Lipinski definition) is 5. The Morgan fingerprint density at radius 3 is 2.57 bits per heavy atom. The van der Waals surface area contributed by atoms with Gasteiger partial charge in [0.2, 0.25) is 10.0 Å². The summed E-state index contributed by atoms with van der Waals surface area (Å²) >= 11 is 0. The average molecular weight is 403 g/mol. The van der Waals surface area contributed by atoms with Crippen molar-refractivity contribution in [3.05, 3.63) is 41.3 Å². The average Bonchev–Trinajstić information content (AvgIpc) is 2.97. The Kier molecular flexibility index (Phi) is 5.45. The number of fused-ring (bicyclic) bond motifs is 1. The van der Waals surface area contributed by atoms with Gasteiger partial charge in [-0.25, -0.2) is 22.6 Å². The van der Waals surface area contributed by atoms with E-state index in [1.807, 2.05) is 46.8 Å². The van der Waals surface area contributed by atoms with Gasteiger partial charge in [0.25, 0.3) is 0 Å². The molecule has 0 radical (unpaired) electrons. The van der Waals surface area contributed by atoms with Crippen LogP contribution in [0.3, 0.4) is 0 Å². The maximum Gasteiger partial charge on any atom is 0.244 e. The van der Waals surface area contributed by atoms with E-state index in [1.165, 1.54) is 7.11 Å². The lowest BCUT2D eigenvalue weighted by Gasteiger charge is -2.15. The zero-order valence-corrected chi connectivity index (χ0v) is 17.9. The molecule has 2 heterocycles. The first-order valence-corrected chi connectivity index (χ1v) is 10.7. The second-order valence-electron chi connectivity index (χ2n) is 7.03. The summed E-state index contributed by atoms with van der Waals surface area (Å²) in [7, 11) is -2.27. The van der Waals surface area contributed by atoms with Crippen LogP contribution in [0.15, 0.2) is 29.2 Å². The van der Waals surface area contributed by atoms with Crippen LogP contribution in [-0.4, -0.2) is 36.2 Å². The lowest BCUT2D eigenvalue weighted by molar-refractivity contribution is 0.402. The van der Waals surface area contributed by atoms with Crippen LogP contribution < -0.4 is 9.46 Å². The number of nitrogens with one attached hydrogen (secondary N) is 1. The first-order chi connectivity index (χ1) is 13.2. The highest BCUT2D eigenvalue weighted by Crippen LogP contribution is 2.33. The monoisotopic (exact) mass is 402 g/mol. The van der Waals surface area contributed by atoms with Gasteiger partial charge in [-0.1, -0.05) is 13.0 Å². The van der Waals surface area contributed by atoms with Crippen molar-refractivity contribution in [3.63, 3.8) is 0 Å². The summed E-state index contributed by atoms with van der Waals surface area (Å²) in [6.07, 6.45) is 0.691. The highest BCUT2D eigenvalue weighted by molar-refractivity contribution is 7.89. The van der Waals surface area contributed by atoms with E-state index < -0.39 is 10.0 Å². The van der Waals surface area contributed by atoms with Crippen LogP contribution in [-0.2, 0) is 10.0 Å². The van der Waals surface area contributed by atoms with E-state index in [0.717, 1.165) is 28.2 Å². The van der Waals surface area contributed by atoms with Crippen molar-refractivity contribution < 1.29 is 13.2 Å². The molecule has 1 atom stereocenters. The number of nitrogens with zero attached hydrogens (tertiary/aromatic N) is 3. The number of ether oxygens (including phenoxy) is 1. The first kappa shape index (κ1) is 20.3. The predicted octanol–water partition coefficient (Wildman–Crippen LogP) is 3.41. The third-order valence-electron chi connectivity index (χ3n) is 4.78. The number of hydrogen-bond donors (Lipinski definition) is 1. The fourth-order valence-electron chi connectivity index (χ4n) is 3.22. The van der Waals surface area contributed by atoms with Crippen LogP contribution in [0.4, 0.5) is 0 Å². The summed E-state index contributed by atoms with van der Waals surface area (Å²) in [6.45, 7) is 9.56. The highest BCUT2D eigenvalue weighted by Gasteiger charge is 2.24. The lowest BCUT2D eigenvalue weighted by atomic mass is 10.1. The largest absolute Gasteiger partial charge is 0.495 e. The number of sulfonamides is 1. The van der Waals surface area contributed by atoms with E-state index in [9.17, 15) is 8.42 Å². The summed E-state index contributed by atoms with van der Waals surface area (Å²) in [5.74, 6) is 0.300. The Bertz CT molecular complexity index is 1140. The molecule has 0 bridgehead atoms. The van der Waals surface area contributed by atoms with Crippen molar-refractivity contribution >= 4 is 15.7 Å². The van der Waals surface area contributed by atoms with E-state index in [0.29, 0.717) is 17.8 Å². The predicted molar refractivity (Wildman–Crippen MR) is 109 cm³/mol. The van der Waals surface area contributed by atoms with Crippen molar-refractivity contribution in [2.75, 3.05) is 7.11 Å². The summed E-state index contributed by atoms with van der Waals surface area (Å²) in [5, 5.41) is 4.58. The molecule has 0 spiro atoms. The molecular weight excluding hydrogens is 376 g/mol. The van der Waals surface area contributed by atoms with Crippen LogP contribution in [0, 0.1) is 20.8 Å². The maximum absolute atomic E-state index is 12.9. The van der Waals surface area contributed by atoms with Crippen molar-refractivity contribution in [1.82, 2.24) is 19.3 Å². The zero-order valence-electron chi connectivity index (χ0n) is 17.1. The Morgan fingerprint density at radius 2 is 1.93 bits per heavy atom. The number of aromatic nitrogens is 3. The van der Waals surface area contributed by atoms with Crippen LogP contribution >= 0.6 is 0 Å². The van der Waals surface area contributed by atoms with E-state index in [-0.39, 0.29) is 10.9 Å². The molecule has 1 N–H and O–H groups in total. The molecule has 3 aromatic rings. The molecule has 150 valence electrons. The third-order valence-corrected chi connectivity index (χ3v) is 6.39. The lowest BCUT2D eigenvalue weighted by Crippen LogP contribution is -2.32. The van der Waals surface area contributed by atoms with Gasteiger partial charge in [0.1, 0.15) is 10.6 Å². The van der Waals surface area contributed by atoms with E-state index in [2.05, 4.69) is 14.8 Å². The van der Waals surface area contributed by atoms with Crippen molar-refractivity contribution in [2.24, 2.45) is 0 Å². The van der Waals surface area contributed by atoms with Gasteiger partial charge in [0.15, 0.2) is 5.65 Å². The summed E-state index contributed by atoms with van der Waals surface area (Å²) in [4.78, 5) is 4.74. The van der Waals surface area contributed by atoms with Gasteiger partial charge in [-0.3, -0.25) is 0 Å². The number of aryl methyl sites for hydroxylation is 3. The molecule has 0 fully saturated rings. The highest BCUT2D eigenvalue weighted by atomic mass is 32.2. The van der Waals surface area contributed by atoms with E-state index in [1.54, 1.807) is 16.6 Å². The Balaban J connectivity index is 2.23. The van der Waals surface area contributed by atoms with Gasteiger partial charge in [0, 0.05) is 23.0 Å². The van der Waals surface area contributed by atoms with E-state index in [4.69, 9.17) is 4.74 Å². The zero-order chi connectivity index (χ0) is 20.6. The van der Waals surface area contributed by atoms with Gasteiger partial charge in [-0.05, 0) is 57.9 Å². The van der Waals surface area contributed by atoms with Crippen LogP contribution in [0.5, 0.6) is 5.75 Å². The minimum absolute atomic E-state index is 0.107. The van der Waals surface area contributed by atoms with Crippen molar-refractivity contribution in [3.8, 4) is 16.9 Å². The van der Waals surface area contributed by atoms with Crippen LogP contribution in [0.1, 0.15) is 37.4 Å². The Labute approximate surface area is 165 Å². The third kappa shape index (κ3) is 3.62. The van der Waals surface area contributed by atoms with Gasteiger partial charge >= 0.3 is 0 Å². The summed E-state index contributed by atoms with van der Waals surface area (Å²) in [6, 6.07) is 6.93. The molecule has 0 aliphatic rings. The molecule has 0 aliphatic carbocycles. The molecule has 1 aromatic carbocycles. The molecule has 2 aromatic heterocycles. The molecule has 8 heteroatoms. The first-order valence-electron chi connectivity index (χ1n) is 9.22. The van der Waals surface area contributed by atoms with Gasteiger partial charge in [-0.15, -0.1) is 0 Å². The van der Waals surface area contributed by atoms with Crippen molar-refractivity contribution in [2.45, 2.75) is 52.0 Å². The fraction of sp³-hybridized carbons (Fsp3) is 0.400. The molecular formula is C20H26N4O3S. The topological polar surface area (TPSA) is 85.6 Å². The summed E-state index contributed by atoms with van der Waals surface area (Å²) < 4.78 is 35.7. The smallest absolute Gasteiger partial charge is 0.244 e. The second kappa shape index (κ2) is 7.52. The quantitative estimate of drug-likeness (QED) is 0.683. The van der Waals surface area contributed by atoms with Gasteiger partial charge in [-0.2, -0.15) is 5.10 Å². The second-order valence-corrected chi connectivity index (χ2v) is 8.71. The van der Waals surface area contributed by atoms with Gasteiger partial charge in [0.05, 0.1) is 12.8 Å². The van der Waals surface area contributed by atoms with Gasteiger partial charge < -0.3 is 4.74 Å². The molecule has 0 aliphatic heterocycles. The standard InChI is InChI=1S/C20H26N4O3S/c1-7-12(2)23-28(25,26)18-11-16(8-9-17(18)27-6)19-15(5)22-24-14(4)10-13(3)21-20(19)24/h8-12,23H,7H2,1-6H3. The molecule has 0 saturated carbocycles. The SMILES string of the molecule is CCC(C)NS(=O)(=O)c1cc(-c2c(C)nn3c(C)cc(C)nc23)ccc1OC. The molecule has 28 heavy (non-hydrogen) atoms. The van der Waals surface area contributed by atoms with Crippen molar-refractivity contribution in [1.29, 1.82) is 0 Å². The van der Waals surface area contributed by atoms with Crippen LogP contribution in [0.2, 0.25) is 0 Å². The molecule has 0 saturated heterocycles. The number of benzene rings is 1. The minimum Gasteiger partial charge on any atom is -0.495 e. The van der Waals surface area contributed by atoms with Crippen LogP contribution in [0.25, 0.3) is 16.8 Å². The normalized spacial score (nSPS) is 13.1. The Morgan fingerprint density at radius 1 is 1.21 bits per heavy atom. The Hall–Kier alpha value is -2.45. The molecule has 7 nitrogen and oxygen atoms in total. The number of methoxy groups -OCH3 is 1. The van der Waals surface area contributed by atoms with E-state index >= 15 is 0 Å². The maximum atomic E-state index is 12.9.